The lowest BCUT2D eigenvalue weighted by molar-refractivity contribution is -0.282. The molecular formula is C26H36O13Si. The number of methoxy groups -OCH3 is 1. The van der Waals surface area contributed by atoms with E-state index in [2.05, 4.69) is 19.6 Å². The van der Waals surface area contributed by atoms with Gasteiger partial charge < -0.3 is 38.3 Å². The maximum Gasteiger partial charge on any atom is 0.341 e. The molecule has 0 aromatic heterocycles. The van der Waals surface area contributed by atoms with Gasteiger partial charge in [0.2, 0.25) is 12.4 Å². The van der Waals surface area contributed by atoms with Crippen LogP contribution in [0.1, 0.15) is 36.7 Å². The lowest BCUT2D eigenvalue weighted by Gasteiger charge is -2.43. The van der Waals surface area contributed by atoms with Crippen LogP contribution < -0.4 is 4.74 Å². The van der Waals surface area contributed by atoms with Gasteiger partial charge in [0.05, 0.1) is 20.3 Å². The van der Waals surface area contributed by atoms with Crippen molar-refractivity contribution in [2.24, 2.45) is 0 Å². The molecule has 0 radical (unpaired) electrons. The maximum absolute atomic E-state index is 13.0. The molecule has 1 N–H and O–H groups in total. The summed E-state index contributed by atoms with van der Waals surface area (Å²) in [4.78, 5) is 61.5. The molecule has 0 amide bonds. The second kappa shape index (κ2) is 14.2. The van der Waals surface area contributed by atoms with Crippen LogP contribution in [0, 0.1) is 0 Å². The van der Waals surface area contributed by atoms with E-state index < -0.39 is 68.6 Å². The quantitative estimate of drug-likeness (QED) is 0.227. The van der Waals surface area contributed by atoms with E-state index >= 15 is 0 Å². The van der Waals surface area contributed by atoms with E-state index in [1.807, 2.05) is 0 Å². The minimum absolute atomic E-state index is 0.0759. The van der Waals surface area contributed by atoms with Crippen LogP contribution in [0.3, 0.4) is 0 Å². The second-order valence-electron chi connectivity index (χ2n) is 10.2. The van der Waals surface area contributed by atoms with Gasteiger partial charge in [0.15, 0.2) is 18.3 Å². The number of aliphatic hydroxyl groups is 1. The van der Waals surface area contributed by atoms with Crippen LogP contribution in [-0.2, 0) is 54.2 Å². The first-order valence-electron chi connectivity index (χ1n) is 12.5. The van der Waals surface area contributed by atoms with Gasteiger partial charge in [0.25, 0.3) is 0 Å². The molecule has 1 heterocycles. The van der Waals surface area contributed by atoms with Crippen LogP contribution in [0.15, 0.2) is 18.2 Å². The predicted octanol–water partition coefficient (Wildman–Crippen LogP) is 1.75. The van der Waals surface area contributed by atoms with Crippen LogP contribution >= 0.6 is 0 Å². The third-order valence-electron chi connectivity index (χ3n) is 5.61. The van der Waals surface area contributed by atoms with Gasteiger partial charge >= 0.3 is 29.8 Å². The molecule has 13 nitrogen and oxygen atoms in total. The van der Waals surface area contributed by atoms with Gasteiger partial charge in [-0.15, -0.1) is 0 Å². The molecule has 1 saturated heterocycles. The molecule has 0 unspecified atom stereocenters. The Hall–Kier alpha value is -3.49. The van der Waals surface area contributed by atoms with E-state index in [-0.39, 0.29) is 24.5 Å². The number of aliphatic hydroxyl groups excluding tert-OH is 1. The van der Waals surface area contributed by atoms with Gasteiger partial charge in [-0.05, 0) is 23.7 Å². The van der Waals surface area contributed by atoms with E-state index in [4.69, 9.17) is 33.2 Å². The van der Waals surface area contributed by atoms with Crippen LogP contribution in [0.4, 0.5) is 0 Å². The second-order valence-corrected chi connectivity index (χ2v) is 15.8. The molecule has 1 aromatic rings. The van der Waals surface area contributed by atoms with Crippen LogP contribution in [0.25, 0.3) is 0 Å². The highest BCUT2D eigenvalue weighted by Crippen LogP contribution is 2.33. The Morgan fingerprint density at radius 2 is 1.48 bits per heavy atom. The monoisotopic (exact) mass is 584 g/mol. The van der Waals surface area contributed by atoms with E-state index in [0.29, 0.717) is 11.6 Å². The van der Waals surface area contributed by atoms with E-state index in [9.17, 15) is 29.1 Å². The predicted molar refractivity (Wildman–Crippen MR) is 139 cm³/mol. The van der Waals surface area contributed by atoms with Crippen molar-refractivity contribution in [3.63, 3.8) is 0 Å². The SMILES string of the molecule is COC(=O)[C@H]1O[C@@H](Oc2ccc(CO)cc2C(=O)OCC[Si](C)(C)C)[C@H](OC(C)=O)[C@@H](OC(C)=O)[C@@H]1OC(C)=O. The topological polar surface area (TPSA) is 170 Å². The third-order valence-corrected chi connectivity index (χ3v) is 7.31. The van der Waals surface area contributed by atoms with Gasteiger partial charge in [-0.25, -0.2) is 9.59 Å². The summed E-state index contributed by atoms with van der Waals surface area (Å²) in [7, 11) is -0.453. The summed E-state index contributed by atoms with van der Waals surface area (Å²) in [6.45, 7) is 9.35. The fourth-order valence-electron chi connectivity index (χ4n) is 3.77. The fourth-order valence-corrected chi connectivity index (χ4v) is 4.48. The summed E-state index contributed by atoms with van der Waals surface area (Å²) in [5.74, 6) is -4.37. The van der Waals surface area contributed by atoms with Crippen molar-refractivity contribution < 1.29 is 62.2 Å². The molecule has 40 heavy (non-hydrogen) atoms. The fraction of sp³-hybridized carbons (Fsp3) is 0.577. The average molecular weight is 585 g/mol. The molecule has 0 aliphatic carbocycles. The van der Waals surface area contributed by atoms with Crippen molar-refractivity contribution in [1.29, 1.82) is 0 Å². The lowest BCUT2D eigenvalue weighted by Crippen LogP contribution is -2.64. The summed E-state index contributed by atoms with van der Waals surface area (Å²) in [5.41, 5.74) is 0.304. The van der Waals surface area contributed by atoms with Gasteiger partial charge in [0.1, 0.15) is 11.3 Å². The van der Waals surface area contributed by atoms with Crippen molar-refractivity contribution in [2.45, 2.75) is 83.8 Å². The Morgan fingerprint density at radius 3 is 2.00 bits per heavy atom. The summed E-state index contributed by atoms with van der Waals surface area (Å²) in [6.07, 6.45) is -8.01. The Labute approximate surface area is 233 Å². The standard InChI is InChI=1S/C26H36O13Si/c1-14(28)35-20-21(36-15(2)29)23(37-16(3)30)26(39-22(20)25(32)33-4)38-19-9-8-17(13-27)12-18(19)24(31)34-10-11-40(5,6)7/h8-9,12,20-23,26-27H,10-11,13H2,1-7H3/t20-,21-,22-,23+,26+/m0/s1. The molecule has 222 valence electrons. The number of rotatable bonds is 11. The number of ether oxygens (including phenoxy) is 7. The molecule has 0 spiro atoms. The number of hydrogen-bond acceptors (Lipinski definition) is 13. The zero-order valence-corrected chi connectivity index (χ0v) is 24.6. The smallest absolute Gasteiger partial charge is 0.341 e. The van der Waals surface area contributed by atoms with Crippen molar-refractivity contribution in [1.82, 2.24) is 0 Å². The normalized spacial score (nSPS) is 22.4. The maximum atomic E-state index is 13.0. The summed E-state index contributed by atoms with van der Waals surface area (Å²) in [5, 5.41) is 9.61. The first-order chi connectivity index (χ1) is 18.7. The molecule has 1 aliphatic rings. The Balaban J connectivity index is 2.54. The number of carbonyl (C=O) groups excluding carboxylic acids is 5. The van der Waals surface area contributed by atoms with Crippen molar-refractivity contribution >= 4 is 37.9 Å². The molecule has 0 bridgehead atoms. The first-order valence-corrected chi connectivity index (χ1v) is 16.2. The van der Waals surface area contributed by atoms with Crippen LogP contribution in [-0.4, -0.2) is 87.4 Å². The average Bonchev–Trinajstić information content (AvgIpc) is 2.85. The zero-order valence-electron chi connectivity index (χ0n) is 23.6. The van der Waals surface area contributed by atoms with Crippen molar-refractivity contribution in [3.8, 4) is 5.75 Å². The van der Waals surface area contributed by atoms with Crippen molar-refractivity contribution in [2.75, 3.05) is 13.7 Å². The highest BCUT2D eigenvalue weighted by molar-refractivity contribution is 6.76. The molecule has 5 atom stereocenters. The Kier molecular flexibility index (Phi) is 11.6. The van der Waals surface area contributed by atoms with Gasteiger partial charge in [0, 0.05) is 28.8 Å². The Bertz CT molecular complexity index is 1100. The molecule has 1 aliphatic heterocycles. The third kappa shape index (κ3) is 9.31. The highest BCUT2D eigenvalue weighted by Gasteiger charge is 2.56. The minimum atomic E-state index is -1.67. The largest absolute Gasteiger partial charge is 0.467 e. The number of hydrogen-bond donors (Lipinski definition) is 1. The minimum Gasteiger partial charge on any atom is -0.467 e. The first kappa shape index (κ1) is 32.7. The van der Waals surface area contributed by atoms with Gasteiger partial charge in [-0.2, -0.15) is 0 Å². The molecule has 1 fully saturated rings. The lowest BCUT2D eigenvalue weighted by atomic mass is 9.97. The number of benzene rings is 1. The molecule has 0 saturated carbocycles. The summed E-state index contributed by atoms with van der Waals surface area (Å²) in [6, 6.07) is 4.90. The van der Waals surface area contributed by atoms with Crippen LogP contribution in [0.5, 0.6) is 5.75 Å². The van der Waals surface area contributed by atoms with Gasteiger partial charge in [-0.1, -0.05) is 25.7 Å². The van der Waals surface area contributed by atoms with Crippen LogP contribution in [0.2, 0.25) is 25.7 Å². The van der Waals surface area contributed by atoms with E-state index in [1.54, 1.807) is 0 Å². The van der Waals surface area contributed by atoms with Gasteiger partial charge in [-0.3, -0.25) is 14.4 Å². The number of esters is 5. The molecule has 14 heteroatoms. The van der Waals surface area contributed by atoms with E-state index in [0.717, 1.165) is 27.9 Å². The van der Waals surface area contributed by atoms with Crippen molar-refractivity contribution in [3.05, 3.63) is 29.3 Å². The molecule has 1 aromatic carbocycles. The molecule has 2 rings (SSSR count). The zero-order chi connectivity index (χ0) is 30.2. The molecular weight excluding hydrogens is 548 g/mol. The number of carbonyl (C=O) groups is 5. The Morgan fingerprint density at radius 1 is 0.900 bits per heavy atom. The highest BCUT2D eigenvalue weighted by atomic mass is 28.3. The van der Waals surface area contributed by atoms with E-state index in [1.165, 1.54) is 18.2 Å². The summed E-state index contributed by atoms with van der Waals surface area (Å²) < 4.78 is 37.8. The summed E-state index contributed by atoms with van der Waals surface area (Å²) >= 11 is 0.